The average Bonchev–Trinajstić information content (AvgIpc) is 2.87. The standard InChI is InChI=1S/C14H19ClN2O/c1-3-17(12-6-7-16-9-12)14(18)13-8-11(15)5-4-10(13)2/h4-5,8,12,16H,3,6-7,9H2,1-2H3. The zero-order valence-corrected chi connectivity index (χ0v) is 11.6. The first kappa shape index (κ1) is 13.4. The number of nitrogens with one attached hydrogen (secondary N) is 1. The lowest BCUT2D eigenvalue weighted by Gasteiger charge is -2.27. The maximum absolute atomic E-state index is 12.6. The Morgan fingerprint density at radius 1 is 1.56 bits per heavy atom. The third kappa shape index (κ3) is 2.68. The van der Waals surface area contributed by atoms with Crippen molar-refractivity contribution in [1.82, 2.24) is 10.2 Å². The summed E-state index contributed by atoms with van der Waals surface area (Å²) >= 11 is 5.99. The van der Waals surface area contributed by atoms with E-state index in [0.717, 1.165) is 37.2 Å². The van der Waals surface area contributed by atoms with Crippen LogP contribution in [0.3, 0.4) is 0 Å². The third-order valence-electron chi connectivity index (χ3n) is 3.51. The van der Waals surface area contributed by atoms with Crippen molar-refractivity contribution in [3.05, 3.63) is 34.3 Å². The van der Waals surface area contributed by atoms with Gasteiger partial charge in [0.05, 0.1) is 0 Å². The minimum atomic E-state index is 0.0891. The largest absolute Gasteiger partial charge is 0.335 e. The van der Waals surface area contributed by atoms with Gasteiger partial charge in [0.1, 0.15) is 0 Å². The van der Waals surface area contributed by atoms with E-state index in [2.05, 4.69) is 5.32 Å². The fraction of sp³-hybridized carbons (Fsp3) is 0.500. The van der Waals surface area contributed by atoms with Gasteiger partial charge in [-0.25, -0.2) is 0 Å². The van der Waals surface area contributed by atoms with Gasteiger partial charge < -0.3 is 10.2 Å². The van der Waals surface area contributed by atoms with Crippen molar-refractivity contribution in [2.24, 2.45) is 0 Å². The SMILES string of the molecule is CCN(C(=O)c1cc(Cl)ccc1C)C1CCNC1. The number of aryl methyl sites for hydroxylation is 1. The Morgan fingerprint density at radius 3 is 2.94 bits per heavy atom. The quantitative estimate of drug-likeness (QED) is 0.912. The van der Waals surface area contributed by atoms with Crippen LogP contribution in [0, 0.1) is 6.92 Å². The molecule has 0 spiro atoms. The Kier molecular flexibility index (Phi) is 4.25. The fourth-order valence-corrected chi connectivity index (χ4v) is 2.62. The van der Waals surface area contributed by atoms with Crippen molar-refractivity contribution in [2.75, 3.05) is 19.6 Å². The highest BCUT2D eigenvalue weighted by molar-refractivity contribution is 6.31. The summed E-state index contributed by atoms with van der Waals surface area (Å²) in [6.07, 6.45) is 1.03. The molecule has 1 aromatic carbocycles. The van der Waals surface area contributed by atoms with Crippen LogP contribution in [0.1, 0.15) is 29.3 Å². The summed E-state index contributed by atoms with van der Waals surface area (Å²) < 4.78 is 0. The molecule has 4 heteroatoms. The smallest absolute Gasteiger partial charge is 0.254 e. The Labute approximate surface area is 113 Å². The molecule has 1 aliphatic rings. The molecule has 1 heterocycles. The summed E-state index contributed by atoms with van der Waals surface area (Å²) in [6.45, 7) is 6.58. The van der Waals surface area contributed by atoms with Crippen LogP contribution in [0.5, 0.6) is 0 Å². The van der Waals surface area contributed by atoms with Gasteiger partial charge in [0.25, 0.3) is 5.91 Å². The number of benzene rings is 1. The molecule has 0 aliphatic carbocycles. The van der Waals surface area contributed by atoms with Crippen LogP contribution < -0.4 is 5.32 Å². The maximum Gasteiger partial charge on any atom is 0.254 e. The maximum atomic E-state index is 12.6. The molecule has 1 aromatic rings. The fourth-order valence-electron chi connectivity index (χ4n) is 2.45. The number of hydrogen-bond donors (Lipinski definition) is 1. The van der Waals surface area contributed by atoms with Crippen LogP contribution in [-0.2, 0) is 0 Å². The monoisotopic (exact) mass is 266 g/mol. The van der Waals surface area contributed by atoms with E-state index in [4.69, 9.17) is 11.6 Å². The van der Waals surface area contributed by atoms with E-state index in [1.54, 1.807) is 6.07 Å². The molecular weight excluding hydrogens is 248 g/mol. The van der Waals surface area contributed by atoms with Crippen LogP contribution in [0.2, 0.25) is 5.02 Å². The number of hydrogen-bond acceptors (Lipinski definition) is 2. The zero-order chi connectivity index (χ0) is 13.1. The van der Waals surface area contributed by atoms with Crippen LogP contribution in [0.4, 0.5) is 0 Å². The van der Waals surface area contributed by atoms with E-state index in [1.165, 1.54) is 0 Å². The molecule has 0 saturated carbocycles. The molecule has 1 aliphatic heterocycles. The molecular formula is C14H19ClN2O. The molecule has 1 N–H and O–H groups in total. The first-order valence-corrected chi connectivity index (χ1v) is 6.79. The number of amides is 1. The first-order valence-electron chi connectivity index (χ1n) is 6.41. The van der Waals surface area contributed by atoms with Crippen LogP contribution in [-0.4, -0.2) is 36.5 Å². The summed E-state index contributed by atoms with van der Waals surface area (Å²) in [5.74, 6) is 0.0891. The van der Waals surface area contributed by atoms with Crippen molar-refractivity contribution in [3.63, 3.8) is 0 Å². The summed E-state index contributed by atoms with van der Waals surface area (Å²) in [5.41, 5.74) is 1.70. The van der Waals surface area contributed by atoms with Gasteiger partial charge in [0.2, 0.25) is 0 Å². The highest BCUT2D eigenvalue weighted by Crippen LogP contribution is 2.19. The Bertz CT molecular complexity index is 441. The molecule has 18 heavy (non-hydrogen) atoms. The number of likely N-dealkylation sites (N-methyl/N-ethyl adjacent to an activating group) is 1. The normalized spacial score (nSPS) is 18.9. The van der Waals surface area contributed by atoms with Gasteiger partial charge in [-0.2, -0.15) is 0 Å². The summed E-state index contributed by atoms with van der Waals surface area (Å²) in [6, 6.07) is 5.79. The lowest BCUT2D eigenvalue weighted by atomic mass is 10.1. The van der Waals surface area contributed by atoms with Crippen LogP contribution in [0.15, 0.2) is 18.2 Å². The second-order valence-electron chi connectivity index (χ2n) is 4.70. The van der Waals surface area contributed by atoms with Crippen LogP contribution >= 0.6 is 11.6 Å². The van der Waals surface area contributed by atoms with Gasteiger partial charge >= 0.3 is 0 Å². The van der Waals surface area contributed by atoms with E-state index >= 15 is 0 Å². The highest BCUT2D eigenvalue weighted by atomic mass is 35.5. The van der Waals surface area contributed by atoms with Gasteiger partial charge in [0, 0.05) is 29.7 Å². The van der Waals surface area contributed by atoms with E-state index < -0.39 is 0 Å². The number of rotatable bonds is 3. The van der Waals surface area contributed by atoms with E-state index in [1.807, 2.05) is 30.9 Å². The lowest BCUT2D eigenvalue weighted by molar-refractivity contribution is 0.0703. The van der Waals surface area contributed by atoms with E-state index in [-0.39, 0.29) is 5.91 Å². The van der Waals surface area contributed by atoms with E-state index in [0.29, 0.717) is 11.1 Å². The Hall–Kier alpha value is -1.06. The molecule has 1 fully saturated rings. The molecule has 3 nitrogen and oxygen atoms in total. The highest BCUT2D eigenvalue weighted by Gasteiger charge is 2.26. The molecule has 1 atom stereocenters. The molecule has 0 aromatic heterocycles. The van der Waals surface area contributed by atoms with Gasteiger partial charge in [0.15, 0.2) is 0 Å². The summed E-state index contributed by atoms with van der Waals surface area (Å²) in [7, 11) is 0. The third-order valence-corrected chi connectivity index (χ3v) is 3.74. The van der Waals surface area contributed by atoms with E-state index in [9.17, 15) is 4.79 Å². The Balaban J connectivity index is 2.25. The molecule has 2 rings (SSSR count). The predicted octanol–water partition coefficient (Wildman–Crippen LogP) is 2.47. The number of carbonyl (C=O) groups is 1. The van der Waals surface area contributed by atoms with Crippen LogP contribution in [0.25, 0.3) is 0 Å². The number of halogens is 1. The summed E-state index contributed by atoms with van der Waals surface area (Å²) in [5, 5.41) is 3.91. The predicted molar refractivity (Wildman–Crippen MR) is 74.2 cm³/mol. The van der Waals surface area contributed by atoms with Crippen molar-refractivity contribution < 1.29 is 4.79 Å². The van der Waals surface area contributed by atoms with Gasteiger partial charge in [-0.1, -0.05) is 17.7 Å². The molecule has 1 unspecified atom stereocenters. The molecule has 1 amide bonds. The summed E-state index contributed by atoms with van der Waals surface area (Å²) in [4.78, 5) is 14.5. The molecule has 0 radical (unpaired) electrons. The molecule has 98 valence electrons. The average molecular weight is 267 g/mol. The topological polar surface area (TPSA) is 32.3 Å². The Morgan fingerprint density at radius 2 is 2.33 bits per heavy atom. The van der Waals surface area contributed by atoms with Gasteiger partial charge in [-0.05, 0) is 44.5 Å². The van der Waals surface area contributed by atoms with Crippen molar-refractivity contribution >= 4 is 17.5 Å². The molecule has 1 saturated heterocycles. The number of nitrogens with zero attached hydrogens (tertiary/aromatic N) is 1. The lowest BCUT2D eigenvalue weighted by Crippen LogP contribution is -2.41. The minimum absolute atomic E-state index is 0.0891. The molecule has 0 bridgehead atoms. The minimum Gasteiger partial charge on any atom is -0.335 e. The van der Waals surface area contributed by atoms with Crippen molar-refractivity contribution in [1.29, 1.82) is 0 Å². The van der Waals surface area contributed by atoms with Crippen molar-refractivity contribution in [3.8, 4) is 0 Å². The zero-order valence-electron chi connectivity index (χ0n) is 10.9. The second kappa shape index (κ2) is 5.72. The van der Waals surface area contributed by atoms with Gasteiger partial charge in [-0.15, -0.1) is 0 Å². The first-order chi connectivity index (χ1) is 8.63. The second-order valence-corrected chi connectivity index (χ2v) is 5.13. The number of carbonyl (C=O) groups excluding carboxylic acids is 1. The van der Waals surface area contributed by atoms with Gasteiger partial charge in [-0.3, -0.25) is 4.79 Å². The van der Waals surface area contributed by atoms with Crippen molar-refractivity contribution in [2.45, 2.75) is 26.3 Å².